The minimum Gasteiger partial charge on any atom is -1.00 e. The minimum atomic E-state index is -0.139. The van der Waals surface area contributed by atoms with E-state index in [2.05, 4.69) is 12.6 Å². The summed E-state index contributed by atoms with van der Waals surface area (Å²) in [5.74, 6) is 0. The van der Waals surface area contributed by atoms with Gasteiger partial charge in [-0.1, -0.05) is 0 Å². The van der Waals surface area contributed by atoms with Crippen molar-refractivity contribution >= 4 is 40.8 Å². The van der Waals surface area contributed by atoms with Crippen LogP contribution in [0.4, 0.5) is 0 Å². The molecule has 0 aliphatic rings. The van der Waals surface area contributed by atoms with E-state index in [1.54, 1.807) is 0 Å². The summed E-state index contributed by atoms with van der Waals surface area (Å²) < 4.78 is 0. The summed E-state index contributed by atoms with van der Waals surface area (Å²) in [5, 5.41) is -0.139. The number of hydrogen-bond donors (Lipinski definition) is 1. The second-order valence-electron chi connectivity index (χ2n) is 0.519. The second kappa shape index (κ2) is 4.79. The summed E-state index contributed by atoms with van der Waals surface area (Å²) in [4.78, 5) is 9.31. The average Bonchev–Trinajstić information content (AvgIpc) is 0.811. The normalized spacial score (nSPS) is 5.20. The largest absolute Gasteiger partial charge is 2.00 e. The van der Waals surface area contributed by atoms with E-state index in [0.717, 1.165) is 0 Å². The maximum absolute atomic E-state index is 9.31. The summed E-state index contributed by atoms with van der Waals surface area (Å²) in [7, 11) is 0. The van der Waals surface area contributed by atoms with Crippen molar-refractivity contribution in [3.63, 3.8) is 0 Å². The van der Waals surface area contributed by atoms with Crippen LogP contribution in [0.15, 0.2) is 0 Å². The fourth-order valence-corrected chi connectivity index (χ4v) is 0. The summed E-state index contributed by atoms with van der Waals surface area (Å²) in [6, 6.07) is 0. The molecule has 0 aliphatic carbocycles. The van der Waals surface area contributed by atoms with Crippen LogP contribution in [0.25, 0.3) is 0 Å². The molecule has 0 unspecified atom stereocenters. The standard InChI is InChI=1S/C2H4OS.Mg.2H/c1-2(3)4;;;/h1H3,(H,3,4);;;/q;+2;2*-1. The first-order valence-electron chi connectivity index (χ1n) is 0.928. The van der Waals surface area contributed by atoms with Gasteiger partial charge in [0.25, 0.3) is 0 Å². The molecule has 0 aromatic rings. The van der Waals surface area contributed by atoms with Gasteiger partial charge in [-0.05, 0) is 0 Å². The third-order valence-corrected chi connectivity index (χ3v) is 0. The molecule has 0 amide bonds. The van der Waals surface area contributed by atoms with Crippen LogP contribution in [0.1, 0.15) is 9.78 Å². The topological polar surface area (TPSA) is 17.1 Å². The van der Waals surface area contributed by atoms with E-state index in [-0.39, 0.29) is 31.0 Å². The minimum absolute atomic E-state index is 0. The molecule has 0 bridgehead atoms. The first kappa shape index (κ1) is 9.25. The van der Waals surface area contributed by atoms with Crippen molar-refractivity contribution in [2.75, 3.05) is 0 Å². The van der Waals surface area contributed by atoms with Gasteiger partial charge in [0.15, 0.2) is 5.12 Å². The first-order chi connectivity index (χ1) is 1.73. The molecule has 0 aliphatic heterocycles. The van der Waals surface area contributed by atoms with Crippen LogP contribution in [0.2, 0.25) is 0 Å². The SMILES string of the molecule is CC(=O)S.[H-].[H-].[Mg+2]. The fraction of sp³-hybridized carbons (Fsp3) is 0.500. The molecule has 0 saturated carbocycles. The van der Waals surface area contributed by atoms with Crippen molar-refractivity contribution in [2.24, 2.45) is 0 Å². The van der Waals surface area contributed by atoms with E-state index in [1.165, 1.54) is 6.92 Å². The molecular formula is C2H6MgOS. The van der Waals surface area contributed by atoms with Gasteiger partial charge >= 0.3 is 23.1 Å². The third kappa shape index (κ3) is 60.1. The molecule has 0 saturated heterocycles. The van der Waals surface area contributed by atoms with Gasteiger partial charge in [0.1, 0.15) is 0 Å². The molecule has 0 radical (unpaired) electrons. The molecule has 0 spiro atoms. The van der Waals surface area contributed by atoms with Crippen molar-refractivity contribution in [3.8, 4) is 0 Å². The van der Waals surface area contributed by atoms with Crippen molar-refractivity contribution in [3.05, 3.63) is 0 Å². The molecule has 0 fully saturated rings. The Balaban J connectivity index is -0.0000000150. The van der Waals surface area contributed by atoms with Crippen molar-refractivity contribution in [2.45, 2.75) is 6.92 Å². The zero-order valence-electron chi connectivity index (χ0n) is 5.06. The molecular weight excluding hydrogens is 96.4 g/mol. The molecule has 28 valence electrons. The Kier molecular flexibility index (Phi) is 8.85. The number of carbonyl (C=O) groups is 1. The van der Waals surface area contributed by atoms with Gasteiger partial charge in [0.05, 0.1) is 0 Å². The Morgan fingerprint density at radius 1 is 2.00 bits per heavy atom. The molecule has 0 aromatic heterocycles. The van der Waals surface area contributed by atoms with Crippen LogP contribution in [-0.2, 0) is 4.79 Å². The Bertz CT molecular complexity index is 38.7. The van der Waals surface area contributed by atoms with Gasteiger partial charge in [-0.25, -0.2) is 0 Å². The number of carbonyl (C=O) groups excluding carboxylic acids is 1. The van der Waals surface area contributed by atoms with E-state index < -0.39 is 0 Å². The van der Waals surface area contributed by atoms with Gasteiger partial charge in [0, 0.05) is 6.92 Å². The van der Waals surface area contributed by atoms with Gasteiger partial charge in [-0.3, -0.25) is 4.79 Å². The molecule has 5 heavy (non-hydrogen) atoms. The van der Waals surface area contributed by atoms with Crippen molar-refractivity contribution in [1.29, 1.82) is 0 Å². The van der Waals surface area contributed by atoms with E-state index in [1.807, 2.05) is 0 Å². The predicted octanol–water partition coefficient (Wildman–Crippen LogP) is 0.307. The third-order valence-electron chi connectivity index (χ3n) is 0. The summed E-state index contributed by atoms with van der Waals surface area (Å²) in [5.41, 5.74) is 0. The zero-order chi connectivity index (χ0) is 3.58. The number of thiol groups is 1. The summed E-state index contributed by atoms with van der Waals surface area (Å²) in [6.45, 7) is 1.39. The van der Waals surface area contributed by atoms with Crippen LogP contribution in [0, 0.1) is 0 Å². The van der Waals surface area contributed by atoms with E-state index in [4.69, 9.17) is 0 Å². The molecule has 0 atom stereocenters. The van der Waals surface area contributed by atoms with E-state index in [9.17, 15) is 4.79 Å². The predicted molar refractivity (Wildman–Crippen MR) is 27.6 cm³/mol. The Morgan fingerprint density at radius 2 is 2.00 bits per heavy atom. The first-order valence-corrected chi connectivity index (χ1v) is 1.37. The van der Waals surface area contributed by atoms with E-state index in [0.29, 0.717) is 0 Å². The van der Waals surface area contributed by atoms with Crippen molar-refractivity contribution in [1.82, 2.24) is 0 Å². The van der Waals surface area contributed by atoms with Gasteiger partial charge in [0.2, 0.25) is 0 Å². The molecule has 3 heteroatoms. The van der Waals surface area contributed by atoms with Crippen LogP contribution >= 0.6 is 12.6 Å². The number of hydrogen-bond acceptors (Lipinski definition) is 1. The summed E-state index contributed by atoms with van der Waals surface area (Å²) in [6.07, 6.45) is 0. The Hall–Kier alpha value is 0.786. The van der Waals surface area contributed by atoms with Crippen LogP contribution in [0.3, 0.4) is 0 Å². The smallest absolute Gasteiger partial charge is 1.00 e. The Morgan fingerprint density at radius 3 is 2.00 bits per heavy atom. The van der Waals surface area contributed by atoms with E-state index >= 15 is 0 Å². The molecule has 0 aromatic carbocycles. The fourth-order valence-electron chi connectivity index (χ4n) is 0. The van der Waals surface area contributed by atoms with Crippen LogP contribution in [0.5, 0.6) is 0 Å². The summed E-state index contributed by atoms with van der Waals surface area (Å²) >= 11 is 3.33. The maximum atomic E-state index is 9.31. The van der Waals surface area contributed by atoms with Crippen LogP contribution in [-0.4, -0.2) is 28.2 Å². The molecule has 0 heterocycles. The quantitative estimate of drug-likeness (QED) is 0.344. The van der Waals surface area contributed by atoms with Crippen molar-refractivity contribution < 1.29 is 7.65 Å². The molecule has 1 nitrogen and oxygen atoms in total. The maximum Gasteiger partial charge on any atom is 2.00 e. The van der Waals surface area contributed by atoms with Gasteiger partial charge in [-0.15, -0.1) is 12.6 Å². The average molecular weight is 102 g/mol. The zero-order valence-corrected chi connectivity index (χ0v) is 5.37. The van der Waals surface area contributed by atoms with Crippen LogP contribution < -0.4 is 0 Å². The second-order valence-corrected chi connectivity index (χ2v) is 1.15. The molecule has 0 N–H and O–H groups in total. The Labute approximate surface area is 55.7 Å². The van der Waals surface area contributed by atoms with Gasteiger partial charge < -0.3 is 2.85 Å². The van der Waals surface area contributed by atoms with Gasteiger partial charge in [-0.2, -0.15) is 0 Å². The molecule has 0 rings (SSSR count). The monoisotopic (exact) mass is 102 g/mol. The number of rotatable bonds is 0.